The fraction of sp³-hybridized carbons (Fsp3) is 1.00. The summed E-state index contributed by atoms with van der Waals surface area (Å²) in [5.41, 5.74) is 0. The number of aliphatic hydroxyl groups is 1. The molecule has 1 fully saturated rings. The number of likely N-dealkylation sites (tertiary alicyclic amines) is 1. The van der Waals surface area contributed by atoms with E-state index in [2.05, 4.69) is 30.8 Å². The molecule has 2 atom stereocenters. The average Bonchev–Trinajstić information content (AvgIpc) is 2.26. The number of piperidine rings is 1. The van der Waals surface area contributed by atoms with E-state index >= 15 is 0 Å². The van der Waals surface area contributed by atoms with Gasteiger partial charge in [-0.3, -0.25) is 0 Å². The van der Waals surface area contributed by atoms with E-state index < -0.39 is 0 Å². The van der Waals surface area contributed by atoms with E-state index in [1.165, 1.54) is 32.5 Å². The van der Waals surface area contributed by atoms with E-state index in [0.29, 0.717) is 12.5 Å². The van der Waals surface area contributed by atoms with Crippen LogP contribution in [0.3, 0.4) is 0 Å². The zero-order chi connectivity index (χ0) is 12.0. The summed E-state index contributed by atoms with van der Waals surface area (Å²) in [6.07, 6.45) is 3.78. The molecule has 0 aliphatic carbocycles. The zero-order valence-corrected chi connectivity index (χ0v) is 11.2. The Morgan fingerprint density at radius 1 is 1.50 bits per heavy atom. The van der Waals surface area contributed by atoms with Crippen molar-refractivity contribution in [1.82, 2.24) is 9.80 Å². The first kappa shape index (κ1) is 13.9. The van der Waals surface area contributed by atoms with Gasteiger partial charge in [-0.1, -0.05) is 6.92 Å². The van der Waals surface area contributed by atoms with Crippen LogP contribution in [0.5, 0.6) is 0 Å². The second-order valence-electron chi connectivity index (χ2n) is 5.45. The minimum atomic E-state index is 0.325. The standard InChI is InChI=1S/C13H28N2O/c1-4-12(11-16)8-15(3)10-13-6-5-7-14(2)9-13/h12-13,16H,4-11H2,1-3H3. The van der Waals surface area contributed by atoms with Crippen molar-refractivity contribution in [3.8, 4) is 0 Å². The summed E-state index contributed by atoms with van der Waals surface area (Å²) in [4.78, 5) is 4.83. The highest BCUT2D eigenvalue weighted by atomic mass is 16.3. The summed E-state index contributed by atoms with van der Waals surface area (Å²) in [7, 11) is 4.40. The molecule has 2 unspecified atom stereocenters. The molecule has 1 aliphatic rings. The SMILES string of the molecule is CCC(CO)CN(C)CC1CCCN(C)C1. The number of hydrogen-bond acceptors (Lipinski definition) is 3. The van der Waals surface area contributed by atoms with Gasteiger partial charge in [-0.05, 0) is 51.7 Å². The molecule has 1 rings (SSSR count). The molecule has 3 heteroatoms. The normalized spacial score (nSPS) is 24.9. The predicted molar refractivity (Wildman–Crippen MR) is 68.6 cm³/mol. The minimum absolute atomic E-state index is 0.325. The van der Waals surface area contributed by atoms with Gasteiger partial charge in [0.2, 0.25) is 0 Å². The smallest absolute Gasteiger partial charge is 0.0471 e. The fourth-order valence-electron chi connectivity index (χ4n) is 2.69. The average molecular weight is 228 g/mol. The maximum Gasteiger partial charge on any atom is 0.0471 e. The molecular formula is C13H28N2O. The first-order valence-electron chi connectivity index (χ1n) is 6.63. The first-order chi connectivity index (χ1) is 7.65. The van der Waals surface area contributed by atoms with Crippen molar-refractivity contribution in [1.29, 1.82) is 0 Å². The molecule has 0 aromatic carbocycles. The van der Waals surface area contributed by atoms with Gasteiger partial charge in [0.15, 0.2) is 0 Å². The Morgan fingerprint density at radius 2 is 2.25 bits per heavy atom. The summed E-state index contributed by atoms with van der Waals surface area (Å²) >= 11 is 0. The minimum Gasteiger partial charge on any atom is -0.396 e. The van der Waals surface area contributed by atoms with Gasteiger partial charge in [-0.2, -0.15) is 0 Å². The number of hydrogen-bond donors (Lipinski definition) is 1. The Labute approximate surface area is 100 Å². The van der Waals surface area contributed by atoms with E-state index in [-0.39, 0.29) is 0 Å². The maximum atomic E-state index is 9.19. The monoisotopic (exact) mass is 228 g/mol. The van der Waals surface area contributed by atoms with E-state index in [0.717, 1.165) is 18.9 Å². The molecule has 1 heterocycles. The van der Waals surface area contributed by atoms with Crippen LogP contribution in [-0.2, 0) is 0 Å². The molecule has 0 aromatic rings. The van der Waals surface area contributed by atoms with Crippen LogP contribution in [0, 0.1) is 11.8 Å². The zero-order valence-electron chi connectivity index (χ0n) is 11.2. The lowest BCUT2D eigenvalue weighted by Crippen LogP contribution is -2.39. The van der Waals surface area contributed by atoms with Gasteiger partial charge in [0, 0.05) is 26.2 Å². The van der Waals surface area contributed by atoms with E-state index in [4.69, 9.17) is 0 Å². The third-order valence-corrected chi connectivity index (χ3v) is 3.70. The van der Waals surface area contributed by atoms with Crippen molar-refractivity contribution >= 4 is 0 Å². The van der Waals surface area contributed by atoms with Crippen LogP contribution in [0.25, 0.3) is 0 Å². The number of rotatable bonds is 6. The van der Waals surface area contributed by atoms with Gasteiger partial charge < -0.3 is 14.9 Å². The Bertz CT molecular complexity index is 183. The summed E-state index contributed by atoms with van der Waals surface area (Å²) < 4.78 is 0. The van der Waals surface area contributed by atoms with E-state index in [1.54, 1.807) is 0 Å². The second-order valence-corrected chi connectivity index (χ2v) is 5.45. The first-order valence-corrected chi connectivity index (χ1v) is 6.63. The van der Waals surface area contributed by atoms with Gasteiger partial charge in [0.25, 0.3) is 0 Å². The lowest BCUT2D eigenvalue weighted by atomic mass is 9.97. The van der Waals surface area contributed by atoms with Crippen molar-refractivity contribution in [2.24, 2.45) is 11.8 Å². The lowest BCUT2D eigenvalue weighted by molar-refractivity contribution is 0.135. The topological polar surface area (TPSA) is 26.7 Å². The van der Waals surface area contributed by atoms with Crippen LogP contribution in [0.4, 0.5) is 0 Å². The molecule has 0 bridgehead atoms. The molecule has 1 aliphatic heterocycles. The summed E-state index contributed by atoms with van der Waals surface area (Å²) in [6.45, 7) is 7.19. The Hall–Kier alpha value is -0.120. The molecule has 0 aromatic heterocycles. The van der Waals surface area contributed by atoms with E-state index in [1.807, 2.05) is 0 Å². The maximum absolute atomic E-state index is 9.19. The predicted octanol–water partition coefficient (Wildman–Crippen LogP) is 1.28. The molecule has 0 radical (unpaired) electrons. The van der Waals surface area contributed by atoms with Crippen LogP contribution < -0.4 is 0 Å². The third-order valence-electron chi connectivity index (χ3n) is 3.70. The second kappa shape index (κ2) is 7.25. The van der Waals surface area contributed by atoms with Crippen molar-refractivity contribution < 1.29 is 5.11 Å². The van der Waals surface area contributed by atoms with Crippen molar-refractivity contribution in [2.75, 3.05) is 46.9 Å². The summed E-state index contributed by atoms with van der Waals surface area (Å²) in [5, 5.41) is 9.19. The van der Waals surface area contributed by atoms with Crippen LogP contribution in [0.1, 0.15) is 26.2 Å². The quantitative estimate of drug-likeness (QED) is 0.742. The molecule has 0 saturated carbocycles. The van der Waals surface area contributed by atoms with Gasteiger partial charge in [0.1, 0.15) is 0 Å². The molecule has 1 N–H and O–H groups in total. The Balaban J connectivity index is 2.24. The largest absolute Gasteiger partial charge is 0.396 e. The highest BCUT2D eigenvalue weighted by molar-refractivity contribution is 4.74. The fourth-order valence-corrected chi connectivity index (χ4v) is 2.69. The highest BCUT2D eigenvalue weighted by Gasteiger charge is 2.19. The van der Waals surface area contributed by atoms with Crippen LogP contribution in [0.2, 0.25) is 0 Å². The molecular weight excluding hydrogens is 200 g/mol. The molecule has 16 heavy (non-hydrogen) atoms. The van der Waals surface area contributed by atoms with Crippen LogP contribution in [-0.4, -0.2) is 61.8 Å². The number of nitrogens with zero attached hydrogens (tertiary/aromatic N) is 2. The van der Waals surface area contributed by atoms with Crippen molar-refractivity contribution in [2.45, 2.75) is 26.2 Å². The molecule has 3 nitrogen and oxygen atoms in total. The third kappa shape index (κ3) is 4.81. The molecule has 96 valence electrons. The lowest BCUT2D eigenvalue weighted by Gasteiger charge is -2.33. The molecule has 0 spiro atoms. The Kier molecular flexibility index (Phi) is 6.32. The van der Waals surface area contributed by atoms with Gasteiger partial charge in [-0.15, -0.1) is 0 Å². The number of aliphatic hydroxyl groups excluding tert-OH is 1. The van der Waals surface area contributed by atoms with Crippen molar-refractivity contribution in [3.63, 3.8) is 0 Å². The van der Waals surface area contributed by atoms with Crippen LogP contribution in [0.15, 0.2) is 0 Å². The highest BCUT2D eigenvalue weighted by Crippen LogP contribution is 2.16. The van der Waals surface area contributed by atoms with Gasteiger partial charge in [-0.25, -0.2) is 0 Å². The van der Waals surface area contributed by atoms with Crippen molar-refractivity contribution in [3.05, 3.63) is 0 Å². The van der Waals surface area contributed by atoms with E-state index in [9.17, 15) is 5.11 Å². The molecule has 0 amide bonds. The van der Waals surface area contributed by atoms with Crippen LogP contribution >= 0.6 is 0 Å². The molecule has 1 saturated heterocycles. The Morgan fingerprint density at radius 3 is 2.81 bits per heavy atom. The summed E-state index contributed by atoms with van der Waals surface area (Å²) in [6, 6.07) is 0. The van der Waals surface area contributed by atoms with Gasteiger partial charge >= 0.3 is 0 Å². The van der Waals surface area contributed by atoms with Gasteiger partial charge in [0.05, 0.1) is 0 Å². The summed E-state index contributed by atoms with van der Waals surface area (Å²) in [5.74, 6) is 1.27.